The monoisotopic (exact) mass is 329 g/mol. The van der Waals surface area contributed by atoms with Crippen LogP contribution in [0.25, 0.3) is 11.4 Å². The van der Waals surface area contributed by atoms with Crippen molar-refractivity contribution in [3.05, 3.63) is 36.2 Å². The molecule has 0 spiro atoms. The van der Waals surface area contributed by atoms with Crippen molar-refractivity contribution in [1.82, 2.24) is 25.4 Å². The van der Waals surface area contributed by atoms with E-state index in [1.807, 2.05) is 24.3 Å². The number of carbonyl (C=O) groups excluding carboxylic acids is 1. The third-order valence-electron chi connectivity index (χ3n) is 4.53. The SMILES string of the molecule is CN(CC1CCCC1O)C(=O)NCc1cccc(-c2ncn[nH]2)c1. The van der Waals surface area contributed by atoms with Crippen molar-refractivity contribution in [1.29, 1.82) is 0 Å². The Morgan fingerprint density at radius 2 is 2.33 bits per heavy atom. The van der Waals surface area contributed by atoms with Crippen LogP contribution in [0.3, 0.4) is 0 Å². The minimum atomic E-state index is -0.279. The maximum absolute atomic E-state index is 12.2. The van der Waals surface area contributed by atoms with Crippen LogP contribution in [0.4, 0.5) is 4.79 Å². The molecule has 0 radical (unpaired) electrons. The molecule has 1 aliphatic rings. The van der Waals surface area contributed by atoms with Crippen molar-refractivity contribution < 1.29 is 9.90 Å². The van der Waals surface area contributed by atoms with Crippen LogP contribution >= 0.6 is 0 Å². The van der Waals surface area contributed by atoms with Crippen molar-refractivity contribution >= 4 is 6.03 Å². The van der Waals surface area contributed by atoms with Crippen LogP contribution in [0.1, 0.15) is 24.8 Å². The van der Waals surface area contributed by atoms with Crippen LogP contribution in [0.2, 0.25) is 0 Å². The Hall–Kier alpha value is -2.41. The molecule has 1 heterocycles. The smallest absolute Gasteiger partial charge is 0.317 e. The lowest BCUT2D eigenvalue weighted by Crippen LogP contribution is -2.40. The van der Waals surface area contributed by atoms with Crippen molar-refractivity contribution in [2.75, 3.05) is 13.6 Å². The standard InChI is InChI=1S/C17H23N5O2/c1-22(10-14-6-3-7-15(14)23)17(24)18-9-12-4-2-5-13(8-12)16-19-11-20-21-16/h2,4-5,8,11,14-15,23H,3,6-7,9-10H2,1H3,(H,18,24)(H,19,20,21). The van der Waals surface area contributed by atoms with Gasteiger partial charge in [-0.05, 0) is 24.5 Å². The summed E-state index contributed by atoms with van der Waals surface area (Å²) in [7, 11) is 1.77. The summed E-state index contributed by atoms with van der Waals surface area (Å²) in [5.74, 6) is 0.894. The highest BCUT2D eigenvalue weighted by Gasteiger charge is 2.27. The molecule has 2 amide bonds. The second-order valence-corrected chi connectivity index (χ2v) is 6.33. The van der Waals surface area contributed by atoms with Gasteiger partial charge in [-0.25, -0.2) is 9.78 Å². The van der Waals surface area contributed by atoms with Crippen LogP contribution in [-0.2, 0) is 6.54 Å². The maximum atomic E-state index is 12.2. The largest absolute Gasteiger partial charge is 0.393 e. The number of aliphatic hydroxyl groups excluding tert-OH is 1. The van der Waals surface area contributed by atoms with Crippen molar-refractivity contribution in [3.8, 4) is 11.4 Å². The van der Waals surface area contributed by atoms with Crippen LogP contribution in [0, 0.1) is 5.92 Å². The number of aromatic nitrogens is 3. The van der Waals surface area contributed by atoms with Crippen LogP contribution in [0.15, 0.2) is 30.6 Å². The van der Waals surface area contributed by atoms with E-state index in [0.29, 0.717) is 18.9 Å². The molecule has 1 aromatic carbocycles. The Morgan fingerprint density at radius 3 is 3.04 bits per heavy atom. The number of aliphatic hydroxyl groups is 1. The van der Waals surface area contributed by atoms with E-state index in [1.54, 1.807) is 11.9 Å². The van der Waals surface area contributed by atoms with Crippen LogP contribution in [0.5, 0.6) is 0 Å². The zero-order valence-electron chi connectivity index (χ0n) is 13.8. The number of rotatable bonds is 5. The normalized spacial score (nSPS) is 20.1. The first-order valence-electron chi connectivity index (χ1n) is 8.25. The molecule has 2 aromatic rings. The molecule has 1 fully saturated rings. The highest BCUT2D eigenvalue weighted by atomic mass is 16.3. The lowest BCUT2D eigenvalue weighted by molar-refractivity contribution is 0.114. The quantitative estimate of drug-likeness (QED) is 0.779. The van der Waals surface area contributed by atoms with Gasteiger partial charge in [-0.15, -0.1) is 0 Å². The van der Waals surface area contributed by atoms with Gasteiger partial charge in [-0.1, -0.05) is 24.6 Å². The first-order valence-corrected chi connectivity index (χ1v) is 8.25. The van der Waals surface area contributed by atoms with Gasteiger partial charge in [0.05, 0.1) is 6.10 Å². The summed E-state index contributed by atoms with van der Waals surface area (Å²) in [6.07, 6.45) is 4.05. The highest BCUT2D eigenvalue weighted by molar-refractivity contribution is 5.73. The molecular formula is C17H23N5O2. The molecule has 0 bridgehead atoms. The van der Waals surface area contributed by atoms with Crippen LogP contribution in [-0.4, -0.2) is 50.9 Å². The fourth-order valence-corrected chi connectivity index (χ4v) is 3.15. The predicted molar refractivity (Wildman–Crippen MR) is 90.0 cm³/mol. The van der Waals surface area contributed by atoms with E-state index in [-0.39, 0.29) is 18.1 Å². The Kier molecular flexibility index (Phi) is 5.10. The number of amides is 2. The highest BCUT2D eigenvalue weighted by Crippen LogP contribution is 2.26. The third-order valence-corrected chi connectivity index (χ3v) is 4.53. The van der Waals surface area contributed by atoms with E-state index in [2.05, 4.69) is 20.5 Å². The fourth-order valence-electron chi connectivity index (χ4n) is 3.15. The molecule has 128 valence electrons. The number of urea groups is 1. The Labute approximate surface area is 141 Å². The number of nitrogens with one attached hydrogen (secondary N) is 2. The molecule has 2 atom stereocenters. The molecule has 0 aliphatic heterocycles. The molecule has 1 aromatic heterocycles. The molecular weight excluding hydrogens is 306 g/mol. The Balaban J connectivity index is 1.53. The average molecular weight is 329 g/mol. The summed E-state index contributed by atoms with van der Waals surface area (Å²) in [4.78, 5) is 18.0. The van der Waals surface area contributed by atoms with E-state index in [0.717, 1.165) is 30.4 Å². The van der Waals surface area contributed by atoms with Crippen molar-refractivity contribution in [3.63, 3.8) is 0 Å². The second-order valence-electron chi connectivity index (χ2n) is 6.33. The fraction of sp³-hybridized carbons (Fsp3) is 0.471. The molecule has 0 saturated heterocycles. The lowest BCUT2D eigenvalue weighted by atomic mass is 10.1. The molecule has 2 unspecified atom stereocenters. The number of aromatic amines is 1. The lowest BCUT2D eigenvalue weighted by Gasteiger charge is -2.23. The molecule has 3 N–H and O–H groups in total. The summed E-state index contributed by atoms with van der Waals surface area (Å²) in [5.41, 5.74) is 1.92. The zero-order chi connectivity index (χ0) is 16.9. The maximum Gasteiger partial charge on any atom is 0.317 e. The van der Waals surface area contributed by atoms with Gasteiger partial charge in [-0.3, -0.25) is 5.10 Å². The Morgan fingerprint density at radius 1 is 1.46 bits per heavy atom. The van der Waals surface area contributed by atoms with Gasteiger partial charge in [0.2, 0.25) is 0 Å². The summed E-state index contributed by atoms with van der Waals surface area (Å²) in [6, 6.07) is 7.68. The number of H-pyrrole nitrogens is 1. The van der Waals surface area contributed by atoms with Crippen LogP contribution < -0.4 is 5.32 Å². The first-order chi connectivity index (χ1) is 11.6. The summed E-state index contributed by atoms with van der Waals surface area (Å²) in [6.45, 7) is 1.03. The zero-order valence-corrected chi connectivity index (χ0v) is 13.8. The van der Waals surface area contributed by atoms with E-state index >= 15 is 0 Å². The molecule has 1 aliphatic carbocycles. The number of nitrogens with zero attached hydrogens (tertiary/aromatic N) is 3. The number of benzene rings is 1. The van der Waals surface area contributed by atoms with Gasteiger partial charge in [0, 0.05) is 31.6 Å². The third kappa shape index (κ3) is 3.91. The molecule has 7 heteroatoms. The Bertz CT molecular complexity index is 673. The van der Waals surface area contributed by atoms with Gasteiger partial charge in [0.15, 0.2) is 5.82 Å². The predicted octanol–water partition coefficient (Wildman–Crippen LogP) is 1.77. The molecule has 7 nitrogen and oxygen atoms in total. The average Bonchev–Trinajstić information content (AvgIpc) is 3.25. The van der Waals surface area contributed by atoms with Gasteiger partial charge >= 0.3 is 6.03 Å². The molecule has 3 rings (SSSR count). The summed E-state index contributed by atoms with van der Waals surface area (Å²) >= 11 is 0. The first kappa shape index (κ1) is 16.4. The van der Waals surface area contributed by atoms with Gasteiger partial charge < -0.3 is 15.3 Å². The van der Waals surface area contributed by atoms with Gasteiger partial charge in [0.1, 0.15) is 6.33 Å². The second kappa shape index (κ2) is 7.44. The van der Waals surface area contributed by atoms with Gasteiger partial charge in [-0.2, -0.15) is 5.10 Å². The number of carbonyl (C=O) groups is 1. The summed E-state index contributed by atoms with van der Waals surface area (Å²) in [5, 5.41) is 19.5. The van der Waals surface area contributed by atoms with E-state index in [9.17, 15) is 9.90 Å². The van der Waals surface area contributed by atoms with Crippen molar-refractivity contribution in [2.24, 2.45) is 5.92 Å². The van der Waals surface area contributed by atoms with E-state index in [1.165, 1.54) is 6.33 Å². The minimum absolute atomic E-state index is 0.126. The topological polar surface area (TPSA) is 94.1 Å². The van der Waals surface area contributed by atoms with Crippen molar-refractivity contribution in [2.45, 2.75) is 31.9 Å². The summed E-state index contributed by atoms with van der Waals surface area (Å²) < 4.78 is 0. The van der Waals surface area contributed by atoms with Gasteiger partial charge in [0.25, 0.3) is 0 Å². The van der Waals surface area contributed by atoms with E-state index in [4.69, 9.17) is 0 Å². The number of hydrogen-bond donors (Lipinski definition) is 3. The molecule has 24 heavy (non-hydrogen) atoms. The molecule has 1 saturated carbocycles. The number of hydrogen-bond acceptors (Lipinski definition) is 4. The van der Waals surface area contributed by atoms with E-state index < -0.39 is 0 Å². The minimum Gasteiger partial charge on any atom is -0.393 e.